The van der Waals surface area contributed by atoms with Crippen molar-refractivity contribution in [3.63, 3.8) is 0 Å². The largest absolute Gasteiger partial charge is 0.371 e. The highest BCUT2D eigenvalue weighted by molar-refractivity contribution is 7.07. The van der Waals surface area contributed by atoms with E-state index in [4.69, 9.17) is 10.00 Å². The molecule has 0 aromatic carbocycles. The zero-order chi connectivity index (χ0) is 16.4. The van der Waals surface area contributed by atoms with E-state index >= 15 is 0 Å². The molecule has 2 aliphatic heterocycles. The molecule has 0 aliphatic carbocycles. The summed E-state index contributed by atoms with van der Waals surface area (Å²) in [7, 11) is 0. The molecule has 6 heteroatoms. The van der Waals surface area contributed by atoms with E-state index in [-0.39, 0.29) is 11.6 Å². The van der Waals surface area contributed by atoms with E-state index in [0.717, 1.165) is 38.3 Å². The van der Waals surface area contributed by atoms with Gasteiger partial charge in [-0.15, -0.1) is 0 Å². The molecule has 2 aliphatic rings. The minimum absolute atomic E-state index is 0.0273. The Morgan fingerprint density at radius 2 is 2.42 bits per heavy atom. The highest BCUT2D eigenvalue weighted by atomic mass is 32.1. The third kappa shape index (κ3) is 3.29. The van der Waals surface area contributed by atoms with Crippen LogP contribution >= 0.6 is 11.3 Å². The van der Waals surface area contributed by atoms with Crippen molar-refractivity contribution < 1.29 is 4.74 Å². The first-order chi connectivity index (χ1) is 11.7. The Morgan fingerprint density at radius 1 is 1.46 bits per heavy atom. The van der Waals surface area contributed by atoms with Crippen molar-refractivity contribution >= 4 is 17.2 Å². The quantitative estimate of drug-likeness (QED) is 0.927. The van der Waals surface area contributed by atoms with Crippen molar-refractivity contribution in [1.82, 2.24) is 9.88 Å². The van der Waals surface area contributed by atoms with Crippen LogP contribution < -0.4 is 5.32 Å². The first-order valence-electron chi connectivity index (χ1n) is 8.26. The van der Waals surface area contributed by atoms with Gasteiger partial charge in [-0.25, -0.2) is 4.98 Å². The summed E-state index contributed by atoms with van der Waals surface area (Å²) in [6.07, 6.45) is 2.08. The van der Waals surface area contributed by atoms with Crippen LogP contribution in [0.15, 0.2) is 35.0 Å². The van der Waals surface area contributed by atoms with Crippen LogP contribution in [0, 0.1) is 11.3 Å². The van der Waals surface area contributed by atoms with Crippen molar-refractivity contribution in [3.05, 3.63) is 46.3 Å². The summed E-state index contributed by atoms with van der Waals surface area (Å²) >= 11 is 1.75. The monoisotopic (exact) mass is 340 g/mol. The fourth-order valence-corrected chi connectivity index (χ4v) is 4.37. The van der Waals surface area contributed by atoms with E-state index in [1.54, 1.807) is 17.4 Å². The summed E-state index contributed by atoms with van der Waals surface area (Å²) in [5.74, 6) is 0.757. The van der Waals surface area contributed by atoms with E-state index in [1.165, 1.54) is 5.56 Å². The Balaban J connectivity index is 1.35. The number of nitriles is 1. The molecule has 1 N–H and O–H groups in total. The average molecular weight is 340 g/mol. The zero-order valence-corrected chi connectivity index (χ0v) is 14.3. The van der Waals surface area contributed by atoms with Gasteiger partial charge in [0.1, 0.15) is 17.6 Å². The molecule has 5 nitrogen and oxygen atoms in total. The lowest BCUT2D eigenvalue weighted by Crippen LogP contribution is -2.33. The second-order valence-corrected chi connectivity index (χ2v) is 7.43. The minimum Gasteiger partial charge on any atom is -0.371 e. The number of thiophene rings is 1. The molecular formula is C18H20N4OS. The number of nitrogens with one attached hydrogen (secondary N) is 1. The standard InChI is InChI=1S/C18H20N4OS/c19-9-15-2-1-3-17(20-15)21-16-8-18(23-11-16)5-6-22(13-18)10-14-4-7-24-12-14/h1-4,7,12,16H,5-6,8,10-11,13H2,(H,20,21)/t16-,18-/m0/s1. The third-order valence-electron chi connectivity index (χ3n) is 4.81. The zero-order valence-electron chi connectivity index (χ0n) is 13.4. The predicted octanol–water partition coefficient (Wildman–Crippen LogP) is 2.86. The number of likely N-dealkylation sites (tertiary alicyclic amines) is 1. The summed E-state index contributed by atoms with van der Waals surface area (Å²) < 4.78 is 6.20. The molecule has 4 heterocycles. The second-order valence-electron chi connectivity index (χ2n) is 6.65. The molecule has 0 amide bonds. The maximum absolute atomic E-state index is 8.96. The van der Waals surface area contributed by atoms with Gasteiger partial charge in [-0.2, -0.15) is 16.6 Å². The van der Waals surface area contributed by atoms with Crippen molar-refractivity contribution in [1.29, 1.82) is 5.26 Å². The number of rotatable bonds is 4. The molecule has 2 fully saturated rings. The molecule has 0 unspecified atom stereocenters. The van der Waals surface area contributed by atoms with Crippen LogP contribution in [0.2, 0.25) is 0 Å². The van der Waals surface area contributed by atoms with Crippen LogP contribution in [0.5, 0.6) is 0 Å². The summed E-state index contributed by atoms with van der Waals surface area (Å²) in [6.45, 7) is 3.79. The lowest BCUT2D eigenvalue weighted by molar-refractivity contribution is 0.0120. The molecule has 2 aromatic rings. The van der Waals surface area contributed by atoms with Gasteiger partial charge in [-0.1, -0.05) is 6.07 Å². The maximum atomic E-state index is 8.96. The molecule has 4 rings (SSSR count). The minimum atomic E-state index is -0.0273. The van der Waals surface area contributed by atoms with E-state index in [1.807, 2.05) is 12.1 Å². The van der Waals surface area contributed by atoms with Gasteiger partial charge in [-0.3, -0.25) is 4.90 Å². The molecule has 0 radical (unpaired) electrons. The molecule has 124 valence electrons. The van der Waals surface area contributed by atoms with Crippen LogP contribution in [0.3, 0.4) is 0 Å². The Morgan fingerprint density at radius 3 is 3.25 bits per heavy atom. The van der Waals surface area contributed by atoms with Crippen LogP contribution in [-0.4, -0.2) is 41.2 Å². The summed E-state index contributed by atoms with van der Waals surface area (Å²) in [6, 6.07) is 10.0. The van der Waals surface area contributed by atoms with Gasteiger partial charge < -0.3 is 10.1 Å². The lowest BCUT2D eigenvalue weighted by atomic mass is 9.97. The Labute approximate surface area is 145 Å². The van der Waals surface area contributed by atoms with Crippen molar-refractivity contribution in [2.75, 3.05) is 25.0 Å². The molecule has 2 aromatic heterocycles. The van der Waals surface area contributed by atoms with Gasteiger partial charge in [0.25, 0.3) is 0 Å². The van der Waals surface area contributed by atoms with Crippen molar-refractivity contribution in [2.24, 2.45) is 0 Å². The first-order valence-corrected chi connectivity index (χ1v) is 9.20. The topological polar surface area (TPSA) is 61.2 Å². The van der Waals surface area contributed by atoms with Gasteiger partial charge in [0.05, 0.1) is 18.2 Å². The predicted molar refractivity (Wildman–Crippen MR) is 93.9 cm³/mol. The second kappa shape index (κ2) is 6.52. The summed E-state index contributed by atoms with van der Waals surface area (Å²) in [5.41, 5.74) is 1.80. The Hall–Kier alpha value is -1.94. The van der Waals surface area contributed by atoms with Gasteiger partial charge in [0.15, 0.2) is 0 Å². The summed E-state index contributed by atoms with van der Waals surface area (Å²) in [5, 5.41) is 16.7. The highest BCUT2D eigenvalue weighted by Gasteiger charge is 2.45. The molecule has 2 atom stereocenters. The van der Waals surface area contributed by atoms with Crippen LogP contribution in [-0.2, 0) is 11.3 Å². The molecule has 0 saturated carbocycles. The fourth-order valence-electron chi connectivity index (χ4n) is 3.71. The van der Waals surface area contributed by atoms with Crippen molar-refractivity contribution in [2.45, 2.75) is 31.0 Å². The van der Waals surface area contributed by atoms with Gasteiger partial charge in [-0.05, 0) is 40.9 Å². The first kappa shape index (κ1) is 15.6. The molecule has 0 bridgehead atoms. The van der Waals surface area contributed by atoms with Crippen molar-refractivity contribution in [3.8, 4) is 6.07 Å². The van der Waals surface area contributed by atoms with E-state index < -0.39 is 0 Å². The Bertz CT molecular complexity index is 742. The molecule has 2 saturated heterocycles. The highest BCUT2D eigenvalue weighted by Crippen LogP contribution is 2.36. The third-order valence-corrected chi connectivity index (χ3v) is 5.54. The normalized spacial score (nSPS) is 26.7. The number of nitrogens with zero attached hydrogens (tertiary/aromatic N) is 3. The van der Waals surface area contributed by atoms with Crippen LogP contribution in [0.1, 0.15) is 24.1 Å². The lowest BCUT2D eigenvalue weighted by Gasteiger charge is -2.23. The number of anilines is 1. The number of aromatic nitrogens is 1. The number of pyridine rings is 1. The average Bonchev–Trinajstić information content (AvgIpc) is 3.32. The van der Waals surface area contributed by atoms with E-state index in [0.29, 0.717) is 12.3 Å². The van der Waals surface area contributed by atoms with Gasteiger partial charge in [0.2, 0.25) is 0 Å². The van der Waals surface area contributed by atoms with Crippen LogP contribution in [0.25, 0.3) is 0 Å². The SMILES string of the molecule is N#Cc1cccc(N[C@@H]2CO[C@@]3(CCN(Cc4ccsc4)C3)C2)n1. The number of hydrogen-bond donors (Lipinski definition) is 1. The van der Waals surface area contributed by atoms with Crippen LogP contribution in [0.4, 0.5) is 5.82 Å². The number of ether oxygens (including phenoxy) is 1. The maximum Gasteiger partial charge on any atom is 0.142 e. The molecule has 1 spiro atoms. The van der Waals surface area contributed by atoms with Gasteiger partial charge >= 0.3 is 0 Å². The fraction of sp³-hybridized carbons (Fsp3) is 0.444. The molecule has 24 heavy (non-hydrogen) atoms. The Kier molecular flexibility index (Phi) is 4.23. The van der Waals surface area contributed by atoms with E-state index in [2.05, 4.69) is 38.1 Å². The molecular weight excluding hydrogens is 320 g/mol. The number of hydrogen-bond acceptors (Lipinski definition) is 6. The van der Waals surface area contributed by atoms with Gasteiger partial charge in [0, 0.05) is 26.1 Å². The summed E-state index contributed by atoms with van der Waals surface area (Å²) in [4.78, 5) is 6.78. The smallest absolute Gasteiger partial charge is 0.142 e. The van der Waals surface area contributed by atoms with E-state index in [9.17, 15) is 0 Å².